The molecule has 0 saturated carbocycles. The molecule has 2 saturated heterocycles. The Labute approximate surface area is 200 Å². The molecular formula is C25H26F3N5O2. The fourth-order valence-corrected chi connectivity index (χ4v) is 5.09. The summed E-state index contributed by atoms with van der Waals surface area (Å²) in [5.74, 6) is 0.772. The number of hydrogen-bond acceptors (Lipinski definition) is 5. The molecule has 1 N–H and O–H groups in total. The summed E-state index contributed by atoms with van der Waals surface area (Å²) in [6.45, 7) is 4.34. The van der Waals surface area contributed by atoms with E-state index in [9.17, 15) is 18.0 Å². The van der Waals surface area contributed by atoms with E-state index < -0.39 is 6.36 Å². The highest BCUT2D eigenvalue weighted by atomic mass is 19.4. The quantitative estimate of drug-likeness (QED) is 0.548. The van der Waals surface area contributed by atoms with Gasteiger partial charge in [0.05, 0.1) is 5.52 Å². The summed E-state index contributed by atoms with van der Waals surface area (Å²) < 4.78 is 40.7. The molecule has 2 aliphatic heterocycles. The molecular weight excluding hydrogens is 459 g/mol. The summed E-state index contributed by atoms with van der Waals surface area (Å²) in [4.78, 5) is 17.1. The van der Waals surface area contributed by atoms with Crippen LogP contribution in [0.1, 0.15) is 24.0 Å². The minimum Gasteiger partial charge on any atom is -0.406 e. The highest BCUT2D eigenvalue weighted by Gasteiger charge is 2.35. The Morgan fingerprint density at radius 2 is 1.80 bits per heavy atom. The van der Waals surface area contributed by atoms with E-state index in [1.54, 1.807) is 6.08 Å². The summed E-state index contributed by atoms with van der Waals surface area (Å²) in [5.41, 5.74) is 3.68. The lowest BCUT2D eigenvalue weighted by atomic mass is 9.92. The van der Waals surface area contributed by atoms with Gasteiger partial charge in [0.2, 0.25) is 5.91 Å². The number of ether oxygens (including phenoxy) is 1. The van der Waals surface area contributed by atoms with Gasteiger partial charge < -0.3 is 9.64 Å². The SMILES string of the molecule is O=C(C=Cc1ccc(OC(F)(F)F)cc1)N1CC[C@@H]2CN(Cc3ccc4[nH]nnc4c3)C[C@@H]2CC1. The summed E-state index contributed by atoms with van der Waals surface area (Å²) in [6.07, 6.45) is 0.326. The lowest BCUT2D eigenvalue weighted by Gasteiger charge is -2.21. The molecule has 0 bridgehead atoms. The van der Waals surface area contributed by atoms with Gasteiger partial charge in [0.15, 0.2) is 0 Å². The number of carbonyl (C=O) groups is 1. The van der Waals surface area contributed by atoms with Crippen LogP contribution in [0, 0.1) is 11.8 Å². The minimum atomic E-state index is -4.72. The Hall–Kier alpha value is -3.40. The smallest absolute Gasteiger partial charge is 0.406 e. The number of benzene rings is 2. The van der Waals surface area contributed by atoms with Gasteiger partial charge in [0, 0.05) is 38.8 Å². The number of nitrogens with one attached hydrogen (secondary N) is 1. The van der Waals surface area contributed by atoms with Crippen LogP contribution in [0.25, 0.3) is 17.1 Å². The molecule has 10 heteroatoms. The number of alkyl halides is 3. The zero-order valence-corrected chi connectivity index (χ0v) is 19.0. The van der Waals surface area contributed by atoms with Gasteiger partial charge >= 0.3 is 6.36 Å². The standard InChI is InChI=1S/C25H26F3N5O2/c26-25(27,28)35-21-5-1-17(2-6-21)4-8-24(34)33-11-9-19-15-32(16-20(19)10-12-33)14-18-3-7-22-23(13-18)30-31-29-22/h1-8,13,19-20H,9-12,14-16H2,(H,29,30,31)/t19-,20+. The van der Waals surface area contributed by atoms with Crippen molar-refractivity contribution in [2.75, 3.05) is 26.2 Å². The van der Waals surface area contributed by atoms with Gasteiger partial charge in [-0.1, -0.05) is 23.4 Å². The van der Waals surface area contributed by atoms with E-state index in [0.717, 1.165) is 43.5 Å². The van der Waals surface area contributed by atoms with Gasteiger partial charge in [0.25, 0.3) is 0 Å². The van der Waals surface area contributed by atoms with Crippen LogP contribution in [0.2, 0.25) is 0 Å². The molecule has 1 amide bonds. The topological polar surface area (TPSA) is 74.3 Å². The van der Waals surface area contributed by atoms with Crippen molar-refractivity contribution < 1.29 is 22.7 Å². The normalized spacial score (nSPS) is 21.4. The maximum atomic E-state index is 12.7. The fraction of sp³-hybridized carbons (Fsp3) is 0.400. The molecule has 5 rings (SSSR count). The van der Waals surface area contributed by atoms with Crippen LogP contribution in [0.4, 0.5) is 13.2 Å². The van der Waals surface area contributed by atoms with Gasteiger partial charge in [-0.05, 0) is 66.1 Å². The van der Waals surface area contributed by atoms with E-state index in [-0.39, 0.29) is 11.7 Å². The first kappa shape index (κ1) is 23.3. The Balaban J connectivity index is 1.12. The average Bonchev–Trinajstić information content (AvgIpc) is 3.39. The number of carbonyl (C=O) groups excluding carboxylic acids is 1. The Morgan fingerprint density at radius 3 is 2.49 bits per heavy atom. The fourth-order valence-electron chi connectivity index (χ4n) is 5.09. The number of halogens is 3. The van der Waals surface area contributed by atoms with Crippen LogP contribution in [0.3, 0.4) is 0 Å². The number of H-pyrrole nitrogens is 1. The first-order valence-electron chi connectivity index (χ1n) is 11.7. The van der Waals surface area contributed by atoms with Gasteiger partial charge in [-0.25, -0.2) is 0 Å². The lowest BCUT2D eigenvalue weighted by Crippen LogP contribution is -2.31. The van der Waals surface area contributed by atoms with Crippen LogP contribution in [0.15, 0.2) is 48.5 Å². The highest BCUT2D eigenvalue weighted by Crippen LogP contribution is 2.33. The molecule has 3 heterocycles. The summed E-state index contributed by atoms with van der Waals surface area (Å²) in [6, 6.07) is 11.7. The van der Waals surface area contributed by atoms with Crippen molar-refractivity contribution in [3.05, 3.63) is 59.7 Å². The van der Waals surface area contributed by atoms with Crippen LogP contribution in [-0.4, -0.2) is 63.7 Å². The van der Waals surface area contributed by atoms with Crippen molar-refractivity contribution in [1.82, 2.24) is 25.2 Å². The van der Waals surface area contributed by atoms with Crippen LogP contribution in [-0.2, 0) is 11.3 Å². The third kappa shape index (κ3) is 5.82. The molecule has 0 unspecified atom stereocenters. The third-order valence-corrected chi connectivity index (χ3v) is 6.83. The number of aromatic nitrogens is 3. The van der Waals surface area contributed by atoms with Crippen molar-refractivity contribution in [2.45, 2.75) is 25.7 Å². The molecule has 7 nitrogen and oxygen atoms in total. The second-order valence-electron chi connectivity index (χ2n) is 9.23. The highest BCUT2D eigenvalue weighted by molar-refractivity contribution is 5.91. The van der Waals surface area contributed by atoms with E-state index in [0.29, 0.717) is 30.5 Å². The number of hydrogen-bond donors (Lipinski definition) is 1. The van der Waals surface area contributed by atoms with Crippen molar-refractivity contribution in [1.29, 1.82) is 0 Å². The van der Waals surface area contributed by atoms with E-state index >= 15 is 0 Å². The number of nitrogens with zero attached hydrogens (tertiary/aromatic N) is 4. The average molecular weight is 486 g/mol. The molecule has 0 spiro atoms. The molecule has 2 aliphatic rings. The number of fused-ring (bicyclic) bond motifs is 2. The molecule has 35 heavy (non-hydrogen) atoms. The number of amides is 1. The summed E-state index contributed by atoms with van der Waals surface area (Å²) in [7, 11) is 0. The van der Waals surface area contributed by atoms with Gasteiger partial charge in [-0.2, -0.15) is 0 Å². The van der Waals surface area contributed by atoms with Crippen molar-refractivity contribution in [2.24, 2.45) is 11.8 Å². The Kier molecular flexibility index (Phi) is 6.46. The Morgan fingerprint density at radius 1 is 1.09 bits per heavy atom. The molecule has 0 aliphatic carbocycles. The molecule has 1 aromatic heterocycles. The molecule has 2 aromatic carbocycles. The van der Waals surface area contributed by atoms with Gasteiger partial charge in [0.1, 0.15) is 11.3 Å². The maximum Gasteiger partial charge on any atom is 0.573 e. The van der Waals surface area contributed by atoms with E-state index in [1.165, 1.54) is 35.9 Å². The predicted octanol–water partition coefficient (Wildman–Crippen LogP) is 4.24. The Bertz CT molecular complexity index is 1190. The maximum absolute atomic E-state index is 12.7. The minimum absolute atomic E-state index is 0.0710. The molecule has 2 atom stereocenters. The second kappa shape index (κ2) is 9.69. The third-order valence-electron chi connectivity index (χ3n) is 6.83. The van der Waals surface area contributed by atoms with E-state index in [4.69, 9.17) is 0 Å². The van der Waals surface area contributed by atoms with Gasteiger partial charge in [-0.15, -0.1) is 18.3 Å². The molecule has 184 valence electrons. The zero-order valence-electron chi connectivity index (χ0n) is 19.0. The van der Waals surface area contributed by atoms with Crippen molar-refractivity contribution in [3.8, 4) is 5.75 Å². The van der Waals surface area contributed by atoms with E-state index in [2.05, 4.69) is 37.2 Å². The summed E-state index contributed by atoms with van der Waals surface area (Å²) >= 11 is 0. The molecule has 2 fully saturated rings. The first-order valence-corrected chi connectivity index (χ1v) is 11.7. The zero-order chi connectivity index (χ0) is 24.4. The van der Waals surface area contributed by atoms with Crippen LogP contribution >= 0.6 is 0 Å². The van der Waals surface area contributed by atoms with Crippen molar-refractivity contribution >= 4 is 23.0 Å². The van der Waals surface area contributed by atoms with Crippen LogP contribution < -0.4 is 4.74 Å². The number of likely N-dealkylation sites (tertiary alicyclic amines) is 2. The number of rotatable bonds is 5. The summed E-state index contributed by atoms with van der Waals surface area (Å²) in [5, 5.41) is 10.8. The molecule has 3 aromatic rings. The second-order valence-corrected chi connectivity index (χ2v) is 9.23. The largest absolute Gasteiger partial charge is 0.573 e. The van der Waals surface area contributed by atoms with Gasteiger partial charge in [-0.3, -0.25) is 14.8 Å². The predicted molar refractivity (Wildman–Crippen MR) is 124 cm³/mol. The monoisotopic (exact) mass is 485 g/mol. The van der Waals surface area contributed by atoms with Crippen molar-refractivity contribution in [3.63, 3.8) is 0 Å². The number of aromatic amines is 1. The van der Waals surface area contributed by atoms with Crippen LogP contribution in [0.5, 0.6) is 5.75 Å². The lowest BCUT2D eigenvalue weighted by molar-refractivity contribution is -0.274. The van der Waals surface area contributed by atoms with E-state index in [1.807, 2.05) is 11.0 Å². The molecule has 0 radical (unpaired) electrons. The first-order chi connectivity index (χ1) is 16.8.